The SMILES string of the molecule is Cc1cc(C)c(NC(=O)N2CC(C)C(C)C2)c(C(=O)O)c1. The van der Waals surface area contributed by atoms with Crippen molar-refractivity contribution in [3.05, 3.63) is 28.8 Å². The highest BCUT2D eigenvalue weighted by molar-refractivity contribution is 6.01. The van der Waals surface area contributed by atoms with E-state index in [0.717, 1.165) is 11.1 Å². The van der Waals surface area contributed by atoms with Crippen molar-refractivity contribution in [1.82, 2.24) is 4.90 Å². The third-order valence-corrected chi connectivity index (χ3v) is 4.22. The van der Waals surface area contributed by atoms with E-state index in [4.69, 9.17) is 0 Å². The van der Waals surface area contributed by atoms with Gasteiger partial charge in [-0.15, -0.1) is 0 Å². The van der Waals surface area contributed by atoms with Gasteiger partial charge >= 0.3 is 12.0 Å². The highest BCUT2D eigenvalue weighted by atomic mass is 16.4. The molecule has 21 heavy (non-hydrogen) atoms. The molecule has 2 amide bonds. The molecule has 2 atom stereocenters. The van der Waals surface area contributed by atoms with Gasteiger partial charge in [-0.1, -0.05) is 19.9 Å². The fourth-order valence-electron chi connectivity index (χ4n) is 2.78. The van der Waals surface area contributed by atoms with Crippen molar-refractivity contribution < 1.29 is 14.7 Å². The number of amides is 2. The molecule has 1 heterocycles. The van der Waals surface area contributed by atoms with Gasteiger partial charge in [0.25, 0.3) is 0 Å². The van der Waals surface area contributed by atoms with Gasteiger partial charge in [0, 0.05) is 13.1 Å². The normalized spacial score (nSPS) is 21.4. The van der Waals surface area contributed by atoms with Gasteiger partial charge in [0.2, 0.25) is 0 Å². The molecule has 114 valence electrons. The number of carbonyl (C=O) groups excluding carboxylic acids is 1. The average Bonchev–Trinajstić information content (AvgIpc) is 2.72. The third kappa shape index (κ3) is 3.17. The molecule has 0 radical (unpaired) electrons. The van der Waals surface area contributed by atoms with Crippen LogP contribution in [0.3, 0.4) is 0 Å². The van der Waals surface area contributed by atoms with Crippen molar-refractivity contribution >= 4 is 17.7 Å². The maximum Gasteiger partial charge on any atom is 0.337 e. The van der Waals surface area contributed by atoms with E-state index in [-0.39, 0.29) is 11.6 Å². The van der Waals surface area contributed by atoms with Gasteiger partial charge in [-0.05, 0) is 42.9 Å². The molecule has 5 nitrogen and oxygen atoms in total. The Bertz CT molecular complexity index is 573. The fourth-order valence-corrected chi connectivity index (χ4v) is 2.78. The van der Waals surface area contributed by atoms with E-state index in [1.165, 1.54) is 0 Å². The Morgan fingerprint density at radius 1 is 1.19 bits per heavy atom. The highest BCUT2D eigenvalue weighted by Crippen LogP contribution is 2.26. The van der Waals surface area contributed by atoms with Crippen molar-refractivity contribution in [2.45, 2.75) is 27.7 Å². The minimum Gasteiger partial charge on any atom is -0.478 e. The first-order valence-electron chi connectivity index (χ1n) is 7.20. The van der Waals surface area contributed by atoms with Crippen LogP contribution in [-0.2, 0) is 0 Å². The number of hydrogen-bond donors (Lipinski definition) is 2. The van der Waals surface area contributed by atoms with E-state index in [0.29, 0.717) is 30.6 Å². The second-order valence-corrected chi connectivity index (χ2v) is 6.10. The van der Waals surface area contributed by atoms with E-state index in [2.05, 4.69) is 19.2 Å². The van der Waals surface area contributed by atoms with E-state index in [1.807, 2.05) is 19.9 Å². The van der Waals surface area contributed by atoms with Crippen LogP contribution in [0.1, 0.15) is 35.3 Å². The number of benzene rings is 1. The molecule has 1 aromatic rings. The molecule has 1 fully saturated rings. The molecule has 1 aromatic carbocycles. The van der Waals surface area contributed by atoms with Crippen molar-refractivity contribution in [2.24, 2.45) is 11.8 Å². The van der Waals surface area contributed by atoms with E-state index < -0.39 is 5.97 Å². The first-order valence-corrected chi connectivity index (χ1v) is 7.20. The molecule has 0 saturated carbocycles. The molecule has 2 rings (SSSR count). The average molecular weight is 290 g/mol. The van der Waals surface area contributed by atoms with Crippen LogP contribution in [0.15, 0.2) is 12.1 Å². The molecule has 1 aliphatic heterocycles. The maximum absolute atomic E-state index is 12.3. The highest BCUT2D eigenvalue weighted by Gasteiger charge is 2.30. The summed E-state index contributed by atoms with van der Waals surface area (Å²) in [4.78, 5) is 25.5. The number of urea groups is 1. The number of likely N-dealkylation sites (tertiary alicyclic amines) is 1. The Kier molecular flexibility index (Phi) is 4.21. The summed E-state index contributed by atoms with van der Waals surface area (Å²) in [5, 5.41) is 12.1. The Balaban J connectivity index is 2.23. The third-order valence-electron chi connectivity index (χ3n) is 4.22. The molecule has 1 aliphatic rings. The number of hydrogen-bond acceptors (Lipinski definition) is 2. The lowest BCUT2D eigenvalue weighted by Gasteiger charge is -2.19. The second kappa shape index (κ2) is 5.76. The summed E-state index contributed by atoms with van der Waals surface area (Å²) in [7, 11) is 0. The summed E-state index contributed by atoms with van der Waals surface area (Å²) in [6, 6.07) is 3.23. The van der Waals surface area contributed by atoms with Gasteiger partial charge in [-0.25, -0.2) is 9.59 Å². The summed E-state index contributed by atoms with van der Waals surface area (Å²) in [6.45, 7) is 9.31. The topological polar surface area (TPSA) is 69.6 Å². The smallest absolute Gasteiger partial charge is 0.337 e. The van der Waals surface area contributed by atoms with Crippen LogP contribution in [-0.4, -0.2) is 35.1 Å². The van der Waals surface area contributed by atoms with Gasteiger partial charge < -0.3 is 15.3 Å². The number of rotatable bonds is 2. The lowest BCUT2D eigenvalue weighted by Crippen LogP contribution is -2.34. The molecule has 2 N–H and O–H groups in total. The Labute approximate surface area is 125 Å². The van der Waals surface area contributed by atoms with Crippen LogP contribution >= 0.6 is 0 Å². The van der Waals surface area contributed by atoms with Crippen molar-refractivity contribution in [3.63, 3.8) is 0 Å². The quantitative estimate of drug-likeness (QED) is 0.879. The molecule has 0 spiro atoms. The fraction of sp³-hybridized carbons (Fsp3) is 0.500. The summed E-state index contributed by atoms with van der Waals surface area (Å²) in [5.41, 5.74) is 2.17. The second-order valence-electron chi connectivity index (χ2n) is 6.10. The predicted octanol–water partition coefficient (Wildman–Crippen LogP) is 3.12. The molecule has 0 aromatic heterocycles. The zero-order valence-corrected chi connectivity index (χ0v) is 12.9. The van der Waals surface area contributed by atoms with Gasteiger partial charge in [-0.3, -0.25) is 0 Å². The van der Waals surface area contributed by atoms with Gasteiger partial charge in [0.05, 0.1) is 11.3 Å². The summed E-state index contributed by atoms with van der Waals surface area (Å²) in [5.74, 6) is -0.0946. The van der Waals surface area contributed by atoms with Crippen molar-refractivity contribution in [1.29, 1.82) is 0 Å². The molecule has 0 bridgehead atoms. The van der Waals surface area contributed by atoms with Gasteiger partial charge in [-0.2, -0.15) is 0 Å². The number of nitrogens with one attached hydrogen (secondary N) is 1. The predicted molar refractivity (Wildman–Crippen MR) is 81.8 cm³/mol. The first-order chi connectivity index (χ1) is 9.79. The zero-order chi connectivity index (χ0) is 15.7. The number of aryl methyl sites for hydroxylation is 2. The van der Waals surface area contributed by atoms with Crippen LogP contribution in [0.4, 0.5) is 10.5 Å². The van der Waals surface area contributed by atoms with Crippen LogP contribution in [0.25, 0.3) is 0 Å². The van der Waals surface area contributed by atoms with Crippen LogP contribution < -0.4 is 5.32 Å². The lowest BCUT2D eigenvalue weighted by molar-refractivity contribution is 0.0698. The van der Waals surface area contributed by atoms with Crippen LogP contribution in [0, 0.1) is 25.7 Å². The maximum atomic E-state index is 12.3. The molecule has 1 saturated heterocycles. The van der Waals surface area contributed by atoms with E-state index >= 15 is 0 Å². The van der Waals surface area contributed by atoms with Crippen LogP contribution in [0.5, 0.6) is 0 Å². The first kappa shape index (κ1) is 15.4. The molecular formula is C16H22N2O3. The monoisotopic (exact) mass is 290 g/mol. The molecule has 2 unspecified atom stereocenters. The number of nitrogens with zero attached hydrogens (tertiary/aromatic N) is 1. The van der Waals surface area contributed by atoms with Crippen LogP contribution in [0.2, 0.25) is 0 Å². The number of anilines is 1. The Hall–Kier alpha value is -2.04. The molecule has 0 aliphatic carbocycles. The Morgan fingerprint density at radius 3 is 2.29 bits per heavy atom. The van der Waals surface area contributed by atoms with Crippen molar-refractivity contribution in [2.75, 3.05) is 18.4 Å². The molecular weight excluding hydrogens is 268 g/mol. The summed E-state index contributed by atoms with van der Waals surface area (Å²) >= 11 is 0. The minimum absolute atomic E-state index is 0.140. The number of aromatic carboxylic acids is 1. The lowest BCUT2D eigenvalue weighted by atomic mass is 10.0. The molecule has 5 heteroatoms. The Morgan fingerprint density at radius 2 is 1.76 bits per heavy atom. The summed E-state index contributed by atoms with van der Waals surface area (Å²) in [6.07, 6.45) is 0. The van der Waals surface area contributed by atoms with Gasteiger partial charge in [0.15, 0.2) is 0 Å². The zero-order valence-electron chi connectivity index (χ0n) is 12.9. The standard InChI is InChI=1S/C16H22N2O3/c1-9-5-10(2)14(13(6-9)15(19)20)17-16(21)18-7-11(3)12(4)8-18/h5-6,11-12H,7-8H2,1-4H3,(H,17,21)(H,19,20). The van der Waals surface area contributed by atoms with Gasteiger partial charge in [0.1, 0.15) is 0 Å². The largest absolute Gasteiger partial charge is 0.478 e. The summed E-state index contributed by atoms with van der Waals surface area (Å²) < 4.78 is 0. The van der Waals surface area contributed by atoms with Crippen molar-refractivity contribution in [3.8, 4) is 0 Å². The number of carboxylic acids is 1. The minimum atomic E-state index is -1.03. The number of carbonyl (C=O) groups is 2. The van der Waals surface area contributed by atoms with E-state index in [1.54, 1.807) is 11.0 Å². The number of carboxylic acid groups (broad SMARTS) is 1. The van der Waals surface area contributed by atoms with E-state index in [9.17, 15) is 14.7 Å².